The van der Waals surface area contributed by atoms with Crippen LogP contribution in [0.1, 0.15) is 12.5 Å². The molecule has 1 aromatic carbocycles. The number of ketones is 1. The number of ether oxygens (including phenoxy) is 1. The minimum Gasteiger partial charge on any atom is -0.482 e. The van der Waals surface area contributed by atoms with E-state index in [4.69, 9.17) is 27.9 Å². The van der Waals surface area contributed by atoms with Gasteiger partial charge >= 0.3 is 0 Å². The molecule has 1 aromatic rings. The molecule has 15 heavy (non-hydrogen) atoms. The van der Waals surface area contributed by atoms with E-state index in [9.17, 15) is 4.79 Å². The molecule has 0 aliphatic carbocycles. The maximum Gasteiger partial charge on any atom is 0.206 e. The Balaban J connectivity index is 2.54. The Morgan fingerprint density at radius 1 is 1.33 bits per heavy atom. The lowest BCUT2D eigenvalue weighted by Crippen LogP contribution is -2.29. The molecule has 0 amide bonds. The van der Waals surface area contributed by atoms with Crippen molar-refractivity contribution in [3.05, 3.63) is 46.1 Å². The van der Waals surface area contributed by atoms with Gasteiger partial charge in [-0.05, 0) is 25.1 Å². The average Bonchev–Trinajstić information content (AvgIpc) is 2.52. The Kier molecular flexibility index (Phi) is 2.49. The van der Waals surface area contributed by atoms with E-state index in [-0.39, 0.29) is 5.78 Å². The van der Waals surface area contributed by atoms with Gasteiger partial charge in [-0.1, -0.05) is 23.2 Å². The zero-order valence-corrected chi connectivity index (χ0v) is 9.47. The summed E-state index contributed by atoms with van der Waals surface area (Å²) in [5.74, 6) is -0.133. The molecule has 0 radical (unpaired) electrons. The summed E-state index contributed by atoms with van der Waals surface area (Å²) in [5, 5.41) is 0.998. The summed E-state index contributed by atoms with van der Waals surface area (Å²) in [7, 11) is 0. The number of rotatable bonds is 1. The molecule has 0 spiro atoms. The Morgan fingerprint density at radius 2 is 2.07 bits per heavy atom. The van der Waals surface area contributed by atoms with Gasteiger partial charge in [-0.25, -0.2) is 0 Å². The molecule has 2 rings (SSSR count). The molecule has 1 heterocycles. The highest BCUT2D eigenvalue weighted by molar-refractivity contribution is 6.34. The molecule has 0 fully saturated rings. The van der Waals surface area contributed by atoms with E-state index in [0.717, 1.165) is 0 Å². The number of hydrogen-bond acceptors (Lipinski definition) is 2. The van der Waals surface area contributed by atoms with Gasteiger partial charge in [0.15, 0.2) is 5.60 Å². The number of halogens is 2. The fourth-order valence-corrected chi connectivity index (χ4v) is 1.98. The minimum atomic E-state index is -1.04. The van der Waals surface area contributed by atoms with E-state index in [0.29, 0.717) is 15.6 Å². The average molecular weight is 243 g/mol. The van der Waals surface area contributed by atoms with Crippen LogP contribution in [0, 0.1) is 0 Å². The lowest BCUT2D eigenvalue weighted by Gasteiger charge is -2.23. The molecule has 1 aliphatic rings. The van der Waals surface area contributed by atoms with Crippen LogP contribution in [0.3, 0.4) is 0 Å². The molecule has 78 valence electrons. The molecule has 0 saturated carbocycles. The van der Waals surface area contributed by atoms with Gasteiger partial charge in [0.1, 0.15) is 0 Å². The first kappa shape index (κ1) is 10.5. The third-order valence-corrected chi connectivity index (χ3v) is 3.00. The van der Waals surface area contributed by atoms with E-state index in [1.165, 1.54) is 12.3 Å². The highest BCUT2D eigenvalue weighted by atomic mass is 35.5. The highest BCUT2D eigenvalue weighted by Crippen LogP contribution is 2.37. The van der Waals surface area contributed by atoms with Crippen molar-refractivity contribution in [3.63, 3.8) is 0 Å². The first-order valence-corrected chi connectivity index (χ1v) is 5.14. The summed E-state index contributed by atoms with van der Waals surface area (Å²) in [4.78, 5) is 11.6. The SMILES string of the molecule is CC1(c2cc(Cl)ccc2Cl)OC=CC1=O. The van der Waals surface area contributed by atoms with Crippen molar-refractivity contribution >= 4 is 29.0 Å². The first-order valence-electron chi connectivity index (χ1n) is 4.38. The second-order valence-corrected chi connectivity index (χ2v) is 4.29. The predicted molar refractivity (Wildman–Crippen MR) is 59.0 cm³/mol. The van der Waals surface area contributed by atoms with Crippen LogP contribution >= 0.6 is 23.2 Å². The molecule has 1 atom stereocenters. The van der Waals surface area contributed by atoms with Gasteiger partial charge in [0, 0.05) is 21.7 Å². The van der Waals surface area contributed by atoms with Gasteiger partial charge < -0.3 is 4.74 Å². The number of hydrogen-bond donors (Lipinski definition) is 0. The van der Waals surface area contributed by atoms with E-state index in [1.807, 2.05) is 0 Å². The number of carbonyl (C=O) groups is 1. The van der Waals surface area contributed by atoms with Crippen LogP contribution in [0.2, 0.25) is 10.0 Å². The van der Waals surface area contributed by atoms with Gasteiger partial charge in [-0.3, -0.25) is 4.79 Å². The van der Waals surface area contributed by atoms with Gasteiger partial charge in [-0.2, -0.15) is 0 Å². The summed E-state index contributed by atoms with van der Waals surface area (Å²) in [6.45, 7) is 1.67. The zero-order chi connectivity index (χ0) is 11.1. The Hall–Kier alpha value is -0.990. The predicted octanol–water partition coefficient (Wildman–Crippen LogP) is 3.32. The summed E-state index contributed by atoms with van der Waals surface area (Å²) in [6.07, 6.45) is 2.76. The van der Waals surface area contributed by atoms with Crippen LogP contribution in [0.4, 0.5) is 0 Å². The molecule has 0 bridgehead atoms. The Bertz CT molecular complexity index is 454. The second kappa shape index (κ2) is 3.54. The molecule has 0 aromatic heterocycles. The van der Waals surface area contributed by atoms with Crippen molar-refractivity contribution < 1.29 is 9.53 Å². The fourth-order valence-electron chi connectivity index (χ4n) is 1.51. The van der Waals surface area contributed by atoms with Crippen LogP contribution in [-0.2, 0) is 15.1 Å². The van der Waals surface area contributed by atoms with E-state index in [1.54, 1.807) is 25.1 Å². The van der Waals surface area contributed by atoms with E-state index >= 15 is 0 Å². The molecular weight excluding hydrogens is 235 g/mol. The van der Waals surface area contributed by atoms with Crippen LogP contribution in [0.15, 0.2) is 30.5 Å². The van der Waals surface area contributed by atoms with Crippen molar-refractivity contribution in [2.24, 2.45) is 0 Å². The van der Waals surface area contributed by atoms with Crippen LogP contribution in [-0.4, -0.2) is 5.78 Å². The molecule has 2 nitrogen and oxygen atoms in total. The minimum absolute atomic E-state index is 0.133. The molecule has 4 heteroatoms. The normalized spacial score (nSPS) is 24.3. The molecule has 0 N–H and O–H groups in total. The van der Waals surface area contributed by atoms with Crippen LogP contribution in [0.5, 0.6) is 0 Å². The monoisotopic (exact) mass is 242 g/mol. The van der Waals surface area contributed by atoms with Crippen molar-refractivity contribution in [3.8, 4) is 0 Å². The van der Waals surface area contributed by atoms with Crippen molar-refractivity contribution in [1.82, 2.24) is 0 Å². The lowest BCUT2D eigenvalue weighted by molar-refractivity contribution is -0.128. The van der Waals surface area contributed by atoms with Gasteiger partial charge in [0.05, 0.1) is 6.26 Å². The molecule has 1 unspecified atom stereocenters. The largest absolute Gasteiger partial charge is 0.482 e. The number of benzene rings is 1. The first-order chi connectivity index (χ1) is 7.04. The molecule has 1 aliphatic heterocycles. The Morgan fingerprint density at radius 3 is 2.67 bits per heavy atom. The van der Waals surface area contributed by atoms with Gasteiger partial charge in [-0.15, -0.1) is 0 Å². The quantitative estimate of drug-likeness (QED) is 0.756. The second-order valence-electron chi connectivity index (χ2n) is 3.44. The van der Waals surface area contributed by atoms with E-state index < -0.39 is 5.60 Å². The topological polar surface area (TPSA) is 26.3 Å². The molecular formula is C11H8Cl2O2. The standard InChI is InChI=1S/C11H8Cl2O2/c1-11(10(14)4-5-15-11)8-6-7(12)2-3-9(8)13/h2-6H,1H3. The summed E-state index contributed by atoms with van der Waals surface area (Å²) >= 11 is 11.9. The third-order valence-electron chi connectivity index (χ3n) is 2.44. The molecule has 0 saturated heterocycles. The summed E-state index contributed by atoms with van der Waals surface area (Å²) in [6, 6.07) is 4.97. The van der Waals surface area contributed by atoms with E-state index in [2.05, 4.69) is 0 Å². The maximum atomic E-state index is 11.6. The Labute approximate surface area is 97.4 Å². The maximum absolute atomic E-state index is 11.6. The highest BCUT2D eigenvalue weighted by Gasteiger charge is 2.40. The van der Waals surface area contributed by atoms with Crippen molar-refractivity contribution in [2.45, 2.75) is 12.5 Å². The van der Waals surface area contributed by atoms with Crippen molar-refractivity contribution in [1.29, 1.82) is 0 Å². The zero-order valence-electron chi connectivity index (χ0n) is 7.96. The van der Waals surface area contributed by atoms with Crippen LogP contribution < -0.4 is 0 Å². The summed E-state index contributed by atoms with van der Waals surface area (Å²) in [5.41, 5.74) is -0.450. The van der Waals surface area contributed by atoms with Crippen LogP contribution in [0.25, 0.3) is 0 Å². The lowest BCUT2D eigenvalue weighted by atomic mass is 9.92. The smallest absolute Gasteiger partial charge is 0.206 e. The summed E-state index contributed by atoms with van der Waals surface area (Å²) < 4.78 is 5.30. The number of carbonyl (C=O) groups excluding carboxylic acids is 1. The fraction of sp³-hybridized carbons (Fsp3) is 0.182. The van der Waals surface area contributed by atoms with Gasteiger partial charge in [0.2, 0.25) is 5.78 Å². The third kappa shape index (κ3) is 1.64. The van der Waals surface area contributed by atoms with Crippen molar-refractivity contribution in [2.75, 3.05) is 0 Å². The van der Waals surface area contributed by atoms with Gasteiger partial charge in [0.25, 0.3) is 0 Å².